The SMILES string of the molecule is CC(C)C1(C)Cc2ncoc2C1. The summed E-state index contributed by atoms with van der Waals surface area (Å²) in [5, 5.41) is 0. The first kappa shape index (κ1) is 7.84. The lowest BCUT2D eigenvalue weighted by atomic mass is 9.77. The van der Waals surface area contributed by atoms with Crippen molar-refractivity contribution in [2.75, 3.05) is 0 Å². The van der Waals surface area contributed by atoms with E-state index in [4.69, 9.17) is 4.42 Å². The molecule has 1 aliphatic rings. The van der Waals surface area contributed by atoms with Crippen molar-refractivity contribution in [1.29, 1.82) is 0 Å². The van der Waals surface area contributed by atoms with Crippen LogP contribution in [-0.2, 0) is 12.8 Å². The van der Waals surface area contributed by atoms with Crippen LogP contribution in [0.5, 0.6) is 0 Å². The van der Waals surface area contributed by atoms with E-state index in [0.717, 1.165) is 18.6 Å². The summed E-state index contributed by atoms with van der Waals surface area (Å²) in [6.07, 6.45) is 3.70. The summed E-state index contributed by atoms with van der Waals surface area (Å²) in [7, 11) is 0. The fourth-order valence-corrected chi connectivity index (χ4v) is 1.80. The Morgan fingerprint density at radius 1 is 1.50 bits per heavy atom. The molecule has 0 saturated carbocycles. The first-order chi connectivity index (χ1) is 5.62. The molecular formula is C10H15NO. The van der Waals surface area contributed by atoms with Gasteiger partial charge >= 0.3 is 0 Å². The van der Waals surface area contributed by atoms with Gasteiger partial charge in [0.1, 0.15) is 5.76 Å². The van der Waals surface area contributed by atoms with E-state index in [1.54, 1.807) is 6.39 Å². The van der Waals surface area contributed by atoms with Crippen molar-refractivity contribution in [3.63, 3.8) is 0 Å². The molecule has 1 atom stereocenters. The van der Waals surface area contributed by atoms with Crippen molar-refractivity contribution in [2.24, 2.45) is 11.3 Å². The lowest BCUT2D eigenvalue weighted by Crippen LogP contribution is -2.23. The highest BCUT2D eigenvalue weighted by Crippen LogP contribution is 2.41. The lowest BCUT2D eigenvalue weighted by Gasteiger charge is -2.27. The van der Waals surface area contributed by atoms with E-state index in [-0.39, 0.29) is 0 Å². The molecule has 1 aromatic rings. The smallest absolute Gasteiger partial charge is 0.181 e. The molecule has 0 saturated heterocycles. The maximum atomic E-state index is 5.31. The van der Waals surface area contributed by atoms with Crippen LogP contribution >= 0.6 is 0 Å². The summed E-state index contributed by atoms with van der Waals surface area (Å²) >= 11 is 0. The zero-order valence-corrected chi connectivity index (χ0v) is 7.92. The zero-order chi connectivity index (χ0) is 8.77. The topological polar surface area (TPSA) is 26.0 Å². The molecule has 1 aliphatic carbocycles. The molecule has 0 amide bonds. The van der Waals surface area contributed by atoms with Crippen LogP contribution in [0.15, 0.2) is 10.8 Å². The number of fused-ring (bicyclic) bond motifs is 1. The van der Waals surface area contributed by atoms with Gasteiger partial charge in [-0.15, -0.1) is 0 Å². The van der Waals surface area contributed by atoms with E-state index >= 15 is 0 Å². The minimum absolute atomic E-state index is 0.377. The Morgan fingerprint density at radius 2 is 2.25 bits per heavy atom. The third-order valence-corrected chi connectivity index (χ3v) is 3.25. The van der Waals surface area contributed by atoms with Gasteiger partial charge in [0, 0.05) is 6.42 Å². The predicted molar refractivity (Wildman–Crippen MR) is 46.9 cm³/mol. The fourth-order valence-electron chi connectivity index (χ4n) is 1.80. The van der Waals surface area contributed by atoms with Crippen LogP contribution in [0.2, 0.25) is 0 Å². The second-order valence-corrected chi connectivity index (χ2v) is 4.38. The molecule has 0 fully saturated rings. The van der Waals surface area contributed by atoms with Gasteiger partial charge in [0.05, 0.1) is 5.69 Å². The van der Waals surface area contributed by atoms with Crippen molar-refractivity contribution in [3.05, 3.63) is 17.8 Å². The van der Waals surface area contributed by atoms with Crippen LogP contribution in [0.3, 0.4) is 0 Å². The highest BCUT2D eigenvalue weighted by atomic mass is 16.3. The Hall–Kier alpha value is -0.790. The summed E-state index contributed by atoms with van der Waals surface area (Å²) in [4.78, 5) is 4.21. The summed E-state index contributed by atoms with van der Waals surface area (Å²) in [5.74, 6) is 1.80. The van der Waals surface area contributed by atoms with Gasteiger partial charge in [-0.05, 0) is 17.8 Å². The van der Waals surface area contributed by atoms with Crippen LogP contribution in [0.1, 0.15) is 32.2 Å². The van der Waals surface area contributed by atoms with Crippen molar-refractivity contribution < 1.29 is 4.42 Å². The molecule has 2 rings (SSSR count). The Labute approximate surface area is 73.0 Å². The van der Waals surface area contributed by atoms with Crippen molar-refractivity contribution >= 4 is 0 Å². The van der Waals surface area contributed by atoms with E-state index in [1.165, 1.54) is 5.69 Å². The zero-order valence-electron chi connectivity index (χ0n) is 7.92. The lowest BCUT2D eigenvalue weighted by molar-refractivity contribution is 0.222. The number of rotatable bonds is 1. The van der Waals surface area contributed by atoms with E-state index < -0.39 is 0 Å². The van der Waals surface area contributed by atoms with Crippen LogP contribution in [-0.4, -0.2) is 4.98 Å². The van der Waals surface area contributed by atoms with Crippen LogP contribution in [0, 0.1) is 11.3 Å². The van der Waals surface area contributed by atoms with Crippen molar-refractivity contribution in [1.82, 2.24) is 4.98 Å². The normalized spacial score (nSPS) is 28.0. The largest absolute Gasteiger partial charge is 0.448 e. The monoisotopic (exact) mass is 165 g/mol. The van der Waals surface area contributed by atoms with Gasteiger partial charge in [0.25, 0.3) is 0 Å². The minimum Gasteiger partial charge on any atom is -0.448 e. The average molecular weight is 165 g/mol. The molecule has 12 heavy (non-hydrogen) atoms. The number of nitrogens with zero attached hydrogens (tertiary/aromatic N) is 1. The van der Waals surface area contributed by atoms with Crippen LogP contribution < -0.4 is 0 Å². The fraction of sp³-hybridized carbons (Fsp3) is 0.700. The standard InChI is InChI=1S/C10H15NO/c1-7(2)10(3)4-8-9(5-10)12-6-11-8/h6-7H,4-5H2,1-3H3. The highest BCUT2D eigenvalue weighted by Gasteiger charge is 2.38. The number of aromatic nitrogens is 1. The Morgan fingerprint density at radius 3 is 2.83 bits per heavy atom. The first-order valence-electron chi connectivity index (χ1n) is 4.53. The molecule has 0 radical (unpaired) electrons. The maximum absolute atomic E-state index is 5.31. The molecule has 66 valence electrons. The van der Waals surface area contributed by atoms with E-state index in [0.29, 0.717) is 11.3 Å². The molecule has 2 heteroatoms. The van der Waals surface area contributed by atoms with Gasteiger partial charge in [-0.2, -0.15) is 0 Å². The maximum Gasteiger partial charge on any atom is 0.181 e. The molecule has 0 N–H and O–H groups in total. The molecule has 1 heterocycles. The van der Waals surface area contributed by atoms with Gasteiger partial charge in [-0.25, -0.2) is 4.98 Å². The molecule has 0 aromatic carbocycles. The van der Waals surface area contributed by atoms with Gasteiger partial charge < -0.3 is 4.42 Å². The Kier molecular flexibility index (Phi) is 1.53. The first-order valence-corrected chi connectivity index (χ1v) is 4.53. The van der Waals surface area contributed by atoms with E-state index in [1.807, 2.05) is 0 Å². The predicted octanol–water partition coefficient (Wildman–Crippen LogP) is 2.44. The number of hydrogen-bond acceptors (Lipinski definition) is 2. The number of hydrogen-bond donors (Lipinski definition) is 0. The van der Waals surface area contributed by atoms with Crippen LogP contribution in [0.4, 0.5) is 0 Å². The molecule has 0 aliphatic heterocycles. The number of oxazole rings is 1. The van der Waals surface area contributed by atoms with Crippen LogP contribution in [0.25, 0.3) is 0 Å². The van der Waals surface area contributed by atoms with E-state index in [9.17, 15) is 0 Å². The minimum atomic E-state index is 0.377. The van der Waals surface area contributed by atoms with Gasteiger partial charge in [0.15, 0.2) is 6.39 Å². The van der Waals surface area contributed by atoms with E-state index in [2.05, 4.69) is 25.8 Å². The summed E-state index contributed by atoms with van der Waals surface area (Å²) < 4.78 is 5.31. The third-order valence-electron chi connectivity index (χ3n) is 3.25. The average Bonchev–Trinajstić information content (AvgIpc) is 2.44. The third kappa shape index (κ3) is 0.977. The summed E-state index contributed by atoms with van der Waals surface area (Å²) in [5.41, 5.74) is 1.55. The van der Waals surface area contributed by atoms with Gasteiger partial charge in [-0.3, -0.25) is 0 Å². The molecule has 1 unspecified atom stereocenters. The summed E-state index contributed by atoms with van der Waals surface area (Å²) in [6.45, 7) is 6.85. The molecular weight excluding hydrogens is 150 g/mol. The second kappa shape index (κ2) is 2.35. The highest BCUT2D eigenvalue weighted by molar-refractivity contribution is 5.19. The molecule has 0 bridgehead atoms. The molecule has 1 aromatic heterocycles. The Bertz CT molecular complexity index is 267. The quantitative estimate of drug-likeness (QED) is 0.638. The van der Waals surface area contributed by atoms with Crippen molar-refractivity contribution in [2.45, 2.75) is 33.6 Å². The van der Waals surface area contributed by atoms with Gasteiger partial charge in [0.2, 0.25) is 0 Å². The molecule has 0 spiro atoms. The second-order valence-electron chi connectivity index (χ2n) is 4.38. The summed E-state index contributed by atoms with van der Waals surface area (Å²) in [6, 6.07) is 0. The Balaban J connectivity index is 2.26. The van der Waals surface area contributed by atoms with Crippen molar-refractivity contribution in [3.8, 4) is 0 Å². The molecule has 2 nitrogen and oxygen atoms in total. The van der Waals surface area contributed by atoms with Gasteiger partial charge in [-0.1, -0.05) is 20.8 Å².